The van der Waals surface area contributed by atoms with Crippen LogP contribution in [0.1, 0.15) is 49.5 Å². The number of likely N-dealkylation sites (tertiary alicyclic amines) is 1. The Kier molecular flexibility index (Phi) is 3.23. The van der Waals surface area contributed by atoms with Crippen LogP contribution < -0.4 is 16.6 Å². The number of aromatic amines is 1. The number of hydrogen-bond donors (Lipinski definition) is 3. The number of anilines is 1. The first-order valence-corrected chi connectivity index (χ1v) is 8.41. The molecule has 1 aliphatic carbocycles. The van der Waals surface area contributed by atoms with Gasteiger partial charge in [0, 0.05) is 36.2 Å². The minimum absolute atomic E-state index is 0.0103. The maximum absolute atomic E-state index is 13.0. The van der Waals surface area contributed by atoms with Crippen LogP contribution in [-0.2, 0) is 0 Å². The maximum atomic E-state index is 13.0. The number of carbonyl (C=O) groups is 1. The molecule has 2 bridgehead atoms. The number of nitrogens with two attached hydrogens (primary N) is 1. The molecule has 1 aromatic rings. The lowest BCUT2D eigenvalue weighted by molar-refractivity contribution is 0.0279. The van der Waals surface area contributed by atoms with Crippen LogP contribution in [0.4, 0.5) is 5.95 Å². The number of carbonyl (C=O) groups excluding carboxylic acids is 1. The summed E-state index contributed by atoms with van der Waals surface area (Å²) in [6.07, 6.45) is 5.66. The van der Waals surface area contributed by atoms with Crippen molar-refractivity contribution in [1.29, 1.82) is 0 Å². The van der Waals surface area contributed by atoms with Gasteiger partial charge in [-0.15, -0.1) is 0 Å². The Hall–Kier alpha value is -1.89. The number of nitrogens with one attached hydrogen (secondary N) is 2. The number of aromatic nitrogens is 2. The van der Waals surface area contributed by atoms with E-state index in [1.807, 2.05) is 4.90 Å². The average molecular weight is 317 g/mol. The van der Waals surface area contributed by atoms with Gasteiger partial charge in [0.2, 0.25) is 5.95 Å². The quantitative estimate of drug-likeness (QED) is 0.699. The Morgan fingerprint density at radius 1 is 1.43 bits per heavy atom. The lowest BCUT2D eigenvalue weighted by Crippen LogP contribution is -2.56. The van der Waals surface area contributed by atoms with Crippen LogP contribution in [0.2, 0.25) is 0 Å². The first-order chi connectivity index (χ1) is 11.0. The van der Waals surface area contributed by atoms with Gasteiger partial charge in [0.1, 0.15) is 5.69 Å². The Morgan fingerprint density at radius 3 is 3.00 bits per heavy atom. The first kappa shape index (κ1) is 14.7. The standard InChI is InChI=1S/C16H23N5O2/c1-16-7-9-8-21(12(16)5-3-2-4-11(16)18-9)14(23)10-6-13(22)20-15(17)19-10/h6,9,11-12,18H,2-5,7-8H2,1H3,(H3,17,19,20,22)/t9-,11-,12+,16-/m0/s1. The van der Waals surface area contributed by atoms with Crippen molar-refractivity contribution in [3.8, 4) is 0 Å². The molecule has 3 heterocycles. The molecule has 23 heavy (non-hydrogen) atoms. The van der Waals surface area contributed by atoms with Gasteiger partial charge >= 0.3 is 0 Å². The largest absolute Gasteiger partial charge is 0.369 e. The average Bonchev–Trinajstić information content (AvgIpc) is 2.65. The van der Waals surface area contributed by atoms with E-state index in [-0.39, 0.29) is 34.6 Å². The summed E-state index contributed by atoms with van der Waals surface area (Å²) in [5, 5.41) is 3.72. The highest BCUT2D eigenvalue weighted by molar-refractivity contribution is 5.93. The van der Waals surface area contributed by atoms with E-state index < -0.39 is 0 Å². The number of nitrogen functional groups attached to an aromatic ring is 1. The van der Waals surface area contributed by atoms with Crippen LogP contribution in [-0.4, -0.2) is 45.4 Å². The summed E-state index contributed by atoms with van der Waals surface area (Å²) in [6, 6.07) is 2.27. The molecule has 7 nitrogen and oxygen atoms in total. The van der Waals surface area contributed by atoms with Crippen molar-refractivity contribution >= 4 is 11.9 Å². The zero-order chi connectivity index (χ0) is 16.2. The number of amides is 1. The van der Waals surface area contributed by atoms with Crippen molar-refractivity contribution in [3.63, 3.8) is 0 Å². The molecule has 4 atom stereocenters. The van der Waals surface area contributed by atoms with Gasteiger partial charge in [-0.25, -0.2) is 4.98 Å². The lowest BCUT2D eigenvalue weighted by Gasteiger charge is -2.46. The molecule has 4 N–H and O–H groups in total. The molecule has 7 heteroatoms. The molecule has 1 amide bonds. The van der Waals surface area contributed by atoms with Crippen LogP contribution in [0.5, 0.6) is 0 Å². The van der Waals surface area contributed by atoms with Crippen molar-refractivity contribution in [2.24, 2.45) is 5.41 Å². The molecule has 1 aromatic heterocycles. The molecule has 124 valence electrons. The number of fused-ring (bicyclic) bond motifs is 1. The fourth-order valence-corrected chi connectivity index (χ4v) is 4.96. The highest BCUT2D eigenvalue weighted by atomic mass is 16.2. The summed E-state index contributed by atoms with van der Waals surface area (Å²) in [7, 11) is 0. The van der Waals surface area contributed by atoms with Crippen molar-refractivity contribution in [2.45, 2.75) is 57.2 Å². The van der Waals surface area contributed by atoms with Crippen LogP contribution in [0.25, 0.3) is 0 Å². The van der Waals surface area contributed by atoms with Crippen molar-refractivity contribution < 1.29 is 4.79 Å². The highest BCUT2D eigenvalue weighted by Gasteiger charge is 2.55. The summed E-state index contributed by atoms with van der Waals surface area (Å²) in [5.41, 5.74) is 5.47. The van der Waals surface area contributed by atoms with Crippen molar-refractivity contribution in [2.75, 3.05) is 12.3 Å². The van der Waals surface area contributed by atoms with E-state index in [1.54, 1.807) is 0 Å². The Morgan fingerprint density at radius 2 is 2.22 bits per heavy atom. The van der Waals surface area contributed by atoms with E-state index in [0.717, 1.165) is 19.3 Å². The van der Waals surface area contributed by atoms with Crippen LogP contribution in [0, 0.1) is 5.41 Å². The van der Waals surface area contributed by atoms with Gasteiger partial charge in [0.05, 0.1) is 0 Å². The summed E-state index contributed by atoms with van der Waals surface area (Å²) in [6.45, 7) is 2.99. The van der Waals surface area contributed by atoms with Crippen molar-refractivity contribution in [3.05, 3.63) is 22.1 Å². The molecular formula is C16H23N5O2. The third-order valence-corrected chi connectivity index (χ3v) is 5.93. The molecule has 0 aromatic carbocycles. The number of rotatable bonds is 1. The fourth-order valence-electron chi connectivity index (χ4n) is 4.96. The zero-order valence-electron chi connectivity index (χ0n) is 13.3. The molecule has 4 rings (SSSR count). The molecule has 0 spiro atoms. The van der Waals surface area contributed by atoms with E-state index in [4.69, 9.17) is 5.73 Å². The van der Waals surface area contributed by atoms with Crippen LogP contribution in [0.3, 0.4) is 0 Å². The molecular weight excluding hydrogens is 294 g/mol. The van der Waals surface area contributed by atoms with E-state index in [1.165, 1.54) is 18.9 Å². The number of hydrogen-bond acceptors (Lipinski definition) is 5. The molecule has 0 unspecified atom stereocenters. The van der Waals surface area contributed by atoms with Gasteiger partial charge in [-0.3, -0.25) is 14.6 Å². The van der Waals surface area contributed by atoms with E-state index in [0.29, 0.717) is 18.6 Å². The molecule has 1 saturated carbocycles. The molecule has 2 saturated heterocycles. The smallest absolute Gasteiger partial charge is 0.273 e. The fraction of sp³-hybridized carbons (Fsp3) is 0.688. The molecule has 3 aliphatic rings. The zero-order valence-corrected chi connectivity index (χ0v) is 13.3. The minimum atomic E-state index is -0.385. The monoisotopic (exact) mass is 317 g/mol. The summed E-state index contributed by atoms with van der Waals surface area (Å²) >= 11 is 0. The Balaban J connectivity index is 1.71. The summed E-state index contributed by atoms with van der Waals surface area (Å²) < 4.78 is 0. The van der Waals surface area contributed by atoms with Crippen molar-refractivity contribution in [1.82, 2.24) is 20.2 Å². The van der Waals surface area contributed by atoms with Gasteiger partial charge in [-0.2, -0.15) is 0 Å². The highest BCUT2D eigenvalue weighted by Crippen LogP contribution is 2.49. The maximum Gasteiger partial charge on any atom is 0.273 e. The summed E-state index contributed by atoms with van der Waals surface area (Å²) in [5.74, 6) is -0.183. The normalized spacial score (nSPS) is 35.9. The third-order valence-electron chi connectivity index (χ3n) is 5.93. The van der Waals surface area contributed by atoms with E-state index in [9.17, 15) is 9.59 Å². The molecule has 0 radical (unpaired) electrons. The Bertz CT molecular complexity index is 702. The van der Waals surface area contributed by atoms with Gasteiger partial charge in [-0.1, -0.05) is 19.8 Å². The van der Waals surface area contributed by atoms with E-state index in [2.05, 4.69) is 22.2 Å². The summed E-state index contributed by atoms with van der Waals surface area (Å²) in [4.78, 5) is 33.0. The molecule has 3 fully saturated rings. The topological polar surface area (TPSA) is 104 Å². The lowest BCUT2D eigenvalue weighted by atomic mass is 9.71. The minimum Gasteiger partial charge on any atom is -0.369 e. The SMILES string of the molecule is C[C@@]12C[C@H]3CN(C(=O)c4cc(=O)[nH]c(N)n4)[C@@H]1CCCC[C@@H]2N3. The van der Waals surface area contributed by atoms with Gasteiger partial charge in [0.15, 0.2) is 0 Å². The Labute approximate surface area is 134 Å². The first-order valence-electron chi connectivity index (χ1n) is 8.41. The van der Waals surface area contributed by atoms with E-state index >= 15 is 0 Å². The molecule has 2 aliphatic heterocycles. The predicted octanol–water partition coefficient (Wildman–Crippen LogP) is 0.487. The van der Waals surface area contributed by atoms with Gasteiger partial charge < -0.3 is 16.0 Å². The number of piperidine rings is 1. The number of nitrogens with zero attached hydrogens (tertiary/aromatic N) is 2. The second-order valence-corrected chi connectivity index (χ2v) is 7.40. The van der Waals surface area contributed by atoms with Crippen LogP contribution >= 0.6 is 0 Å². The van der Waals surface area contributed by atoms with Crippen LogP contribution in [0.15, 0.2) is 10.9 Å². The van der Waals surface area contributed by atoms with Gasteiger partial charge in [0.25, 0.3) is 11.5 Å². The number of H-pyrrole nitrogens is 1. The second-order valence-electron chi connectivity index (χ2n) is 7.40. The second kappa shape index (κ2) is 5.06. The third kappa shape index (κ3) is 2.25. The van der Waals surface area contributed by atoms with Gasteiger partial charge in [-0.05, 0) is 19.3 Å². The predicted molar refractivity (Wildman–Crippen MR) is 86.0 cm³/mol.